The molecule has 0 radical (unpaired) electrons. The second-order valence-electron chi connectivity index (χ2n) is 9.11. The molecule has 2 aromatic rings. The highest BCUT2D eigenvalue weighted by Gasteiger charge is 2.28. The smallest absolute Gasteiger partial charge is 0.183 e. The Morgan fingerprint density at radius 2 is 1.69 bits per heavy atom. The van der Waals surface area contributed by atoms with E-state index in [-0.39, 0.29) is 42.7 Å². The highest BCUT2D eigenvalue weighted by atomic mass is 35.5. The number of quaternary nitrogens is 2. The standard InChI is InChI=1S/C24H33FN2O3.2ClH/c1-24(2,3)20-15-19(29-4)9-10-23(20)30-17-18(28)16-26-11-13-27(14-12-26)22-8-6-5-7-21(22)25;;/h5-10,15,18,28H,11-14,16-17H2,1-4H3;2*1H. The van der Waals surface area contributed by atoms with Gasteiger partial charge in [-0.05, 0) is 29.7 Å². The van der Waals surface area contributed by atoms with Gasteiger partial charge in [0.25, 0.3) is 0 Å². The Morgan fingerprint density at radius 3 is 2.28 bits per heavy atom. The van der Waals surface area contributed by atoms with Crippen LogP contribution in [0, 0.1) is 5.82 Å². The van der Waals surface area contributed by atoms with Crippen LogP contribution in [0.15, 0.2) is 42.5 Å². The Kier molecular flexibility index (Phi) is 11.2. The molecule has 0 aliphatic carbocycles. The van der Waals surface area contributed by atoms with Crippen molar-refractivity contribution in [1.82, 2.24) is 0 Å². The van der Waals surface area contributed by atoms with Gasteiger partial charge < -0.3 is 44.3 Å². The molecule has 1 aliphatic heterocycles. The van der Waals surface area contributed by atoms with Crippen LogP contribution in [0.2, 0.25) is 0 Å². The molecule has 1 aliphatic rings. The van der Waals surface area contributed by atoms with Crippen molar-refractivity contribution in [3.8, 4) is 11.5 Å². The summed E-state index contributed by atoms with van der Waals surface area (Å²) >= 11 is 0. The van der Waals surface area contributed by atoms with Gasteiger partial charge in [-0.3, -0.25) is 4.90 Å². The van der Waals surface area contributed by atoms with Gasteiger partial charge in [0.05, 0.1) is 7.11 Å². The first kappa shape index (κ1) is 28.5. The van der Waals surface area contributed by atoms with E-state index in [9.17, 15) is 9.50 Å². The van der Waals surface area contributed by atoms with Crippen LogP contribution >= 0.6 is 0 Å². The molecule has 1 heterocycles. The normalized spacial score (nSPS) is 19.3. The second kappa shape index (κ2) is 12.6. The van der Waals surface area contributed by atoms with Crippen LogP contribution in [0.1, 0.15) is 26.3 Å². The lowest BCUT2D eigenvalue weighted by Crippen LogP contribution is -3.26. The van der Waals surface area contributed by atoms with Gasteiger partial charge in [0.15, 0.2) is 11.5 Å². The number of aliphatic hydroxyl groups excluding tert-OH is 1. The molecule has 0 saturated carbocycles. The summed E-state index contributed by atoms with van der Waals surface area (Å²) in [5.74, 6) is 1.44. The Morgan fingerprint density at radius 1 is 1.03 bits per heavy atom. The Labute approximate surface area is 203 Å². The maximum absolute atomic E-state index is 14.0. The van der Waals surface area contributed by atoms with Gasteiger partial charge in [0, 0.05) is 11.6 Å². The number of hydrogen-bond donors (Lipinski definition) is 3. The maximum Gasteiger partial charge on any atom is 0.183 e. The summed E-state index contributed by atoms with van der Waals surface area (Å²) in [7, 11) is 1.66. The van der Waals surface area contributed by atoms with Gasteiger partial charge >= 0.3 is 0 Å². The molecule has 2 aromatic carbocycles. The van der Waals surface area contributed by atoms with Gasteiger partial charge in [0.1, 0.15) is 56.9 Å². The molecule has 1 unspecified atom stereocenters. The number of aliphatic hydroxyl groups is 1. The fourth-order valence-corrected chi connectivity index (χ4v) is 4.05. The molecule has 1 fully saturated rings. The molecular formula is C24H35Cl2FN2O3. The van der Waals surface area contributed by atoms with E-state index in [1.165, 1.54) is 15.9 Å². The van der Waals surface area contributed by atoms with E-state index in [0.29, 0.717) is 6.54 Å². The molecule has 180 valence electrons. The first-order chi connectivity index (χ1) is 14.3. The van der Waals surface area contributed by atoms with Crippen LogP contribution in [-0.4, -0.2) is 57.7 Å². The summed E-state index contributed by atoms with van der Waals surface area (Å²) in [4.78, 5) is 2.51. The van der Waals surface area contributed by atoms with Crippen LogP contribution in [-0.2, 0) is 5.41 Å². The van der Waals surface area contributed by atoms with Crippen molar-refractivity contribution in [3.63, 3.8) is 0 Å². The summed E-state index contributed by atoms with van der Waals surface area (Å²) < 4.78 is 25.4. The number of nitrogens with one attached hydrogen (secondary N) is 2. The largest absolute Gasteiger partial charge is 1.00 e. The molecule has 0 bridgehead atoms. The van der Waals surface area contributed by atoms with Crippen molar-refractivity contribution >= 4 is 5.69 Å². The van der Waals surface area contributed by atoms with E-state index in [4.69, 9.17) is 9.47 Å². The van der Waals surface area contributed by atoms with Crippen molar-refractivity contribution in [3.05, 3.63) is 53.8 Å². The minimum Gasteiger partial charge on any atom is -1.00 e. The maximum atomic E-state index is 14.0. The average molecular weight is 489 g/mol. The molecule has 1 saturated heterocycles. The lowest BCUT2D eigenvalue weighted by Gasteiger charge is -2.30. The summed E-state index contributed by atoms with van der Waals surface area (Å²) in [5.41, 5.74) is 1.71. The second-order valence-corrected chi connectivity index (χ2v) is 9.11. The van der Waals surface area contributed by atoms with E-state index >= 15 is 0 Å². The number of methoxy groups -OCH3 is 1. The van der Waals surface area contributed by atoms with Crippen LogP contribution in [0.4, 0.5) is 10.1 Å². The minimum absolute atomic E-state index is 0. The van der Waals surface area contributed by atoms with Crippen molar-refractivity contribution < 1.29 is 53.6 Å². The molecule has 0 spiro atoms. The highest BCUT2D eigenvalue weighted by molar-refractivity contribution is 5.44. The van der Waals surface area contributed by atoms with Crippen molar-refractivity contribution in [2.75, 3.05) is 46.4 Å². The van der Waals surface area contributed by atoms with E-state index in [0.717, 1.165) is 48.9 Å². The molecule has 5 nitrogen and oxygen atoms in total. The SMILES string of the molecule is COc1ccc(OCC(O)C[NH+]2CC[NH+](c3ccccc3F)CC2)c(C(C)(C)C)c1.[Cl-].[Cl-]. The number of benzene rings is 2. The van der Waals surface area contributed by atoms with Gasteiger partial charge in [-0.25, -0.2) is 4.39 Å². The van der Waals surface area contributed by atoms with Crippen molar-refractivity contribution in [1.29, 1.82) is 0 Å². The Bertz CT molecular complexity index is 840. The zero-order valence-corrected chi connectivity index (χ0v) is 20.8. The molecule has 32 heavy (non-hydrogen) atoms. The average Bonchev–Trinajstić information content (AvgIpc) is 2.72. The monoisotopic (exact) mass is 488 g/mol. The Balaban J connectivity index is 0.00000256. The van der Waals surface area contributed by atoms with E-state index in [2.05, 4.69) is 20.8 Å². The number of hydrogen-bond acceptors (Lipinski definition) is 3. The number of ether oxygens (including phenoxy) is 2. The third kappa shape index (κ3) is 7.49. The number of piperazine rings is 1. The van der Waals surface area contributed by atoms with Crippen LogP contribution in [0.3, 0.4) is 0 Å². The fraction of sp³-hybridized carbons (Fsp3) is 0.500. The van der Waals surface area contributed by atoms with Crippen LogP contribution in [0.25, 0.3) is 0 Å². The lowest BCUT2D eigenvalue weighted by molar-refractivity contribution is -0.988. The van der Waals surface area contributed by atoms with E-state index in [1.54, 1.807) is 13.2 Å². The fourth-order valence-electron chi connectivity index (χ4n) is 4.05. The number of rotatable bonds is 7. The molecule has 3 N–H and O–H groups in total. The molecule has 3 rings (SSSR count). The van der Waals surface area contributed by atoms with E-state index < -0.39 is 6.10 Å². The number of para-hydroxylation sites is 1. The predicted molar refractivity (Wildman–Crippen MR) is 116 cm³/mol. The van der Waals surface area contributed by atoms with Crippen molar-refractivity contribution in [2.24, 2.45) is 0 Å². The zero-order chi connectivity index (χ0) is 21.7. The summed E-state index contributed by atoms with van der Waals surface area (Å²) in [6, 6.07) is 12.8. The summed E-state index contributed by atoms with van der Waals surface area (Å²) in [5, 5.41) is 10.5. The zero-order valence-electron chi connectivity index (χ0n) is 19.3. The predicted octanol–water partition coefficient (Wildman–Crippen LogP) is -5.01. The first-order valence-electron chi connectivity index (χ1n) is 10.7. The van der Waals surface area contributed by atoms with Crippen LogP contribution < -0.4 is 44.1 Å². The third-order valence-corrected chi connectivity index (χ3v) is 5.77. The first-order valence-corrected chi connectivity index (χ1v) is 10.7. The molecule has 0 amide bonds. The van der Waals surface area contributed by atoms with E-state index in [1.807, 2.05) is 30.3 Å². The number of halogens is 3. The van der Waals surface area contributed by atoms with Gasteiger partial charge in [-0.1, -0.05) is 32.9 Å². The summed E-state index contributed by atoms with van der Waals surface area (Å²) in [6.45, 7) is 10.8. The van der Waals surface area contributed by atoms with Gasteiger partial charge in [-0.15, -0.1) is 0 Å². The highest BCUT2D eigenvalue weighted by Crippen LogP contribution is 2.34. The lowest BCUT2D eigenvalue weighted by atomic mass is 9.86. The van der Waals surface area contributed by atoms with Crippen molar-refractivity contribution in [2.45, 2.75) is 32.3 Å². The molecule has 0 aromatic heterocycles. The van der Waals surface area contributed by atoms with Gasteiger partial charge in [0.2, 0.25) is 0 Å². The van der Waals surface area contributed by atoms with Gasteiger partial charge in [-0.2, -0.15) is 0 Å². The minimum atomic E-state index is -0.551. The molecule has 8 heteroatoms. The topological polar surface area (TPSA) is 47.6 Å². The Hall–Kier alpha value is -1.57. The summed E-state index contributed by atoms with van der Waals surface area (Å²) in [6.07, 6.45) is -0.551. The molecular weight excluding hydrogens is 454 g/mol. The van der Waals surface area contributed by atoms with Crippen LogP contribution in [0.5, 0.6) is 11.5 Å². The molecule has 1 atom stereocenters. The third-order valence-electron chi connectivity index (χ3n) is 5.77. The quantitative estimate of drug-likeness (QED) is 0.365.